The molecule has 0 aliphatic heterocycles. The number of carbonyl (C=O) groups excluding carboxylic acids is 1. The lowest BCUT2D eigenvalue weighted by molar-refractivity contribution is -0.384. The van der Waals surface area contributed by atoms with Gasteiger partial charge in [-0.05, 0) is 29.8 Å². The van der Waals surface area contributed by atoms with Crippen LogP contribution in [0.1, 0.15) is 21.5 Å². The second-order valence-electron chi connectivity index (χ2n) is 5.07. The van der Waals surface area contributed by atoms with Gasteiger partial charge in [-0.2, -0.15) is 0 Å². The number of aliphatic carboxylic acids is 1. The summed E-state index contributed by atoms with van der Waals surface area (Å²) in [5, 5.41) is 19.8. The van der Waals surface area contributed by atoms with Gasteiger partial charge in [-0.3, -0.25) is 19.7 Å². The monoisotopic (exact) mass is 345 g/mol. The minimum absolute atomic E-state index is 0.133. The molecule has 0 aliphatic carbocycles. The first-order valence-corrected chi connectivity index (χ1v) is 7.13. The van der Waals surface area contributed by atoms with Crippen LogP contribution in [0.15, 0.2) is 36.4 Å². The van der Waals surface area contributed by atoms with Crippen LogP contribution >= 0.6 is 0 Å². The normalized spacial score (nSPS) is 10.2. The Hall–Kier alpha value is -3.42. The molecule has 0 unspecified atom stereocenters. The molecular weight excluding hydrogens is 330 g/mol. The van der Waals surface area contributed by atoms with Gasteiger partial charge in [0.05, 0.1) is 25.6 Å². The van der Waals surface area contributed by atoms with Crippen molar-refractivity contribution < 1.29 is 29.1 Å². The fourth-order valence-electron chi connectivity index (χ4n) is 2.33. The van der Waals surface area contributed by atoms with Gasteiger partial charge in [0, 0.05) is 23.3 Å². The van der Waals surface area contributed by atoms with E-state index in [4.69, 9.17) is 14.6 Å². The number of hydrogen-bond donors (Lipinski definition) is 1. The molecule has 0 spiro atoms. The summed E-state index contributed by atoms with van der Waals surface area (Å²) < 4.78 is 10.3. The summed E-state index contributed by atoms with van der Waals surface area (Å²) in [6, 6.07) is 7.91. The topological polar surface area (TPSA) is 116 Å². The fraction of sp³-hybridized carbons (Fsp3) is 0.176. The molecule has 0 heterocycles. The van der Waals surface area contributed by atoms with E-state index in [0.717, 1.165) is 0 Å². The summed E-state index contributed by atoms with van der Waals surface area (Å²) in [5.41, 5.74) is 0.446. The number of rotatable bonds is 7. The van der Waals surface area contributed by atoms with Gasteiger partial charge in [0.2, 0.25) is 0 Å². The van der Waals surface area contributed by atoms with Gasteiger partial charge < -0.3 is 14.6 Å². The molecule has 0 aromatic heterocycles. The number of ketones is 1. The molecule has 25 heavy (non-hydrogen) atoms. The highest BCUT2D eigenvalue weighted by Crippen LogP contribution is 2.32. The van der Waals surface area contributed by atoms with Crippen LogP contribution in [0.5, 0.6) is 11.5 Å². The predicted octanol–water partition coefficient (Wildman–Crippen LogP) is 2.47. The number of ether oxygens (including phenoxy) is 2. The van der Waals surface area contributed by atoms with Gasteiger partial charge in [0.15, 0.2) is 17.3 Å². The number of nitro benzene ring substituents is 1. The van der Waals surface area contributed by atoms with Crippen molar-refractivity contribution in [2.45, 2.75) is 6.42 Å². The van der Waals surface area contributed by atoms with Crippen LogP contribution in [0.2, 0.25) is 0 Å². The van der Waals surface area contributed by atoms with E-state index in [1.54, 1.807) is 0 Å². The Morgan fingerprint density at radius 3 is 2.12 bits per heavy atom. The van der Waals surface area contributed by atoms with Crippen molar-refractivity contribution in [1.82, 2.24) is 0 Å². The van der Waals surface area contributed by atoms with E-state index >= 15 is 0 Å². The highest BCUT2D eigenvalue weighted by molar-refractivity contribution is 6.10. The first-order valence-electron chi connectivity index (χ1n) is 7.13. The highest BCUT2D eigenvalue weighted by Gasteiger charge is 2.20. The van der Waals surface area contributed by atoms with Crippen LogP contribution in [-0.2, 0) is 11.2 Å². The summed E-state index contributed by atoms with van der Waals surface area (Å²) >= 11 is 0. The molecule has 2 aromatic rings. The average Bonchev–Trinajstić information content (AvgIpc) is 2.60. The zero-order chi connectivity index (χ0) is 18.6. The Bertz CT molecular complexity index is 828. The molecule has 8 nitrogen and oxygen atoms in total. The van der Waals surface area contributed by atoms with Gasteiger partial charge in [-0.1, -0.05) is 0 Å². The number of carbonyl (C=O) groups is 2. The molecule has 1 N–H and O–H groups in total. The minimum atomic E-state index is -1.11. The molecule has 0 saturated heterocycles. The van der Waals surface area contributed by atoms with Crippen molar-refractivity contribution in [3.8, 4) is 11.5 Å². The maximum atomic E-state index is 12.7. The number of carboxylic acids is 1. The van der Waals surface area contributed by atoms with E-state index in [2.05, 4.69) is 0 Å². The van der Waals surface area contributed by atoms with Gasteiger partial charge in [-0.15, -0.1) is 0 Å². The number of benzene rings is 2. The number of methoxy groups -OCH3 is 2. The smallest absolute Gasteiger partial charge is 0.307 e. The van der Waals surface area contributed by atoms with Crippen molar-refractivity contribution in [3.63, 3.8) is 0 Å². The molecular formula is C17H15NO7. The lowest BCUT2D eigenvalue weighted by Gasteiger charge is -2.13. The summed E-state index contributed by atoms with van der Waals surface area (Å²) in [5.74, 6) is -0.988. The second kappa shape index (κ2) is 7.43. The maximum absolute atomic E-state index is 12.7. The van der Waals surface area contributed by atoms with Crippen molar-refractivity contribution >= 4 is 17.4 Å². The van der Waals surface area contributed by atoms with Gasteiger partial charge >= 0.3 is 5.97 Å². The molecule has 0 amide bonds. The SMILES string of the molecule is COc1cc(CC(=O)O)c(C(=O)c2ccc([N+](=O)[O-])cc2)cc1OC. The van der Waals surface area contributed by atoms with Gasteiger partial charge in [-0.25, -0.2) is 0 Å². The third-order valence-corrected chi connectivity index (χ3v) is 3.54. The molecule has 0 aliphatic rings. The summed E-state index contributed by atoms with van der Waals surface area (Å²) in [6.45, 7) is 0. The van der Waals surface area contributed by atoms with E-state index < -0.39 is 16.7 Å². The molecule has 2 rings (SSSR count). The summed E-state index contributed by atoms with van der Waals surface area (Å²) in [4.78, 5) is 34.0. The number of carboxylic acid groups (broad SMARTS) is 1. The van der Waals surface area contributed by atoms with Gasteiger partial charge in [0.1, 0.15) is 0 Å². The third kappa shape index (κ3) is 3.92. The average molecular weight is 345 g/mol. The molecule has 130 valence electrons. The minimum Gasteiger partial charge on any atom is -0.493 e. The molecule has 0 saturated carbocycles. The van der Waals surface area contributed by atoms with Crippen molar-refractivity contribution in [2.75, 3.05) is 14.2 Å². The number of hydrogen-bond acceptors (Lipinski definition) is 6. The number of nitrogens with zero attached hydrogens (tertiary/aromatic N) is 1. The molecule has 8 heteroatoms. The quantitative estimate of drug-likeness (QED) is 0.465. The summed E-state index contributed by atoms with van der Waals surface area (Å²) in [7, 11) is 2.80. The number of nitro groups is 1. The standard InChI is InChI=1S/C17H15NO7/c1-24-14-7-11(8-16(19)20)13(9-15(14)25-2)17(21)10-3-5-12(6-4-10)18(22)23/h3-7,9H,8H2,1-2H3,(H,19,20). The van der Waals surface area contributed by atoms with Crippen molar-refractivity contribution in [3.05, 3.63) is 63.2 Å². The zero-order valence-electron chi connectivity index (χ0n) is 13.5. The molecule has 0 bridgehead atoms. The van der Waals surface area contributed by atoms with Crippen molar-refractivity contribution in [2.24, 2.45) is 0 Å². The lowest BCUT2D eigenvalue weighted by atomic mass is 9.95. The molecule has 0 fully saturated rings. The Morgan fingerprint density at radius 2 is 1.64 bits per heavy atom. The van der Waals surface area contributed by atoms with Crippen LogP contribution < -0.4 is 9.47 Å². The maximum Gasteiger partial charge on any atom is 0.307 e. The number of non-ortho nitro benzene ring substituents is 1. The van der Waals surface area contributed by atoms with Crippen LogP contribution in [0, 0.1) is 10.1 Å². The Labute approximate surface area is 142 Å². The first kappa shape index (κ1) is 17.9. The van der Waals surface area contributed by atoms with E-state index in [0.29, 0.717) is 5.75 Å². The Kier molecular flexibility index (Phi) is 5.33. The van der Waals surface area contributed by atoms with Crippen molar-refractivity contribution in [1.29, 1.82) is 0 Å². The molecule has 2 aromatic carbocycles. The highest BCUT2D eigenvalue weighted by atomic mass is 16.6. The predicted molar refractivity (Wildman–Crippen MR) is 87.4 cm³/mol. The summed E-state index contributed by atoms with van der Waals surface area (Å²) in [6.07, 6.45) is -0.381. The first-order chi connectivity index (χ1) is 11.9. The van der Waals surface area contributed by atoms with E-state index in [9.17, 15) is 19.7 Å². The van der Waals surface area contributed by atoms with E-state index in [-0.39, 0.29) is 34.5 Å². The van der Waals surface area contributed by atoms with Crippen LogP contribution in [0.4, 0.5) is 5.69 Å². The van der Waals surface area contributed by atoms with Crippen LogP contribution in [-0.4, -0.2) is 36.0 Å². The zero-order valence-corrected chi connectivity index (χ0v) is 13.5. The van der Waals surface area contributed by atoms with E-state index in [1.807, 2.05) is 0 Å². The van der Waals surface area contributed by atoms with Gasteiger partial charge in [0.25, 0.3) is 5.69 Å². The lowest BCUT2D eigenvalue weighted by Crippen LogP contribution is -2.10. The van der Waals surface area contributed by atoms with Crippen LogP contribution in [0.3, 0.4) is 0 Å². The fourth-order valence-corrected chi connectivity index (χ4v) is 2.33. The third-order valence-electron chi connectivity index (χ3n) is 3.54. The van der Waals surface area contributed by atoms with E-state index in [1.165, 1.54) is 50.6 Å². The molecule has 0 radical (unpaired) electrons. The van der Waals surface area contributed by atoms with Crippen LogP contribution in [0.25, 0.3) is 0 Å². The second-order valence-corrected chi connectivity index (χ2v) is 5.07. The largest absolute Gasteiger partial charge is 0.493 e. The Morgan fingerprint density at radius 1 is 1.08 bits per heavy atom. The Balaban J connectivity index is 2.52. The molecule has 0 atom stereocenters.